The monoisotopic (exact) mass is 248 g/mol. The largest absolute Gasteiger partial charge is 0.497 e. The van der Waals surface area contributed by atoms with E-state index in [2.05, 4.69) is 17.4 Å². The van der Waals surface area contributed by atoms with Crippen LogP contribution in [0, 0.1) is 0 Å². The summed E-state index contributed by atoms with van der Waals surface area (Å²) in [4.78, 5) is 13.7. The van der Waals surface area contributed by atoms with E-state index in [9.17, 15) is 4.79 Å². The van der Waals surface area contributed by atoms with Gasteiger partial charge in [0, 0.05) is 19.0 Å². The second kappa shape index (κ2) is 5.87. The number of benzene rings is 1. The maximum atomic E-state index is 11.8. The lowest BCUT2D eigenvalue weighted by Crippen LogP contribution is -2.35. The molecule has 1 atom stereocenters. The molecule has 1 aromatic carbocycles. The average Bonchev–Trinajstić information content (AvgIpc) is 2.89. The van der Waals surface area contributed by atoms with Crippen LogP contribution in [0.2, 0.25) is 0 Å². The number of methoxy groups -OCH3 is 1. The van der Waals surface area contributed by atoms with Crippen molar-refractivity contribution in [3.63, 3.8) is 0 Å². The fourth-order valence-corrected chi connectivity index (χ4v) is 2.40. The van der Waals surface area contributed by atoms with Crippen LogP contribution in [0.15, 0.2) is 24.3 Å². The van der Waals surface area contributed by atoms with E-state index in [1.807, 2.05) is 17.0 Å². The maximum absolute atomic E-state index is 11.8. The molecule has 1 amide bonds. The van der Waals surface area contributed by atoms with Gasteiger partial charge in [-0.05, 0) is 31.2 Å². The molecule has 4 nitrogen and oxygen atoms in total. The number of amides is 1. The number of carbonyl (C=O) groups is 1. The van der Waals surface area contributed by atoms with Crippen LogP contribution in [0.1, 0.15) is 17.9 Å². The first kappa shape index (κ1) is 12.9. The first-order valence-electron chi connectivity index (χ1n) is 6.31. The zero-order chi connectivity index (χ0) is 13.0. The minimum atomic E-state index is 0.188. The molecule has 1 N–H and O–H groups in total. The minimum absolute atomic E-state index is 0.188. The summed E-state index contributed by atoms with van der Waals surface area (Å²) in [5, 5.41) is 2.91. The predicted molar refractivity (Wildman–Crippen MR) is 70.9 cm³/mol. The third-order valence-electron chi connectivity index (χ3n) is 3.46. The summed E-state index contributed by atoms with van der Waals surface area (Å²) in [5.41, 5.74) is 1.29. The molecule has 1 aliphatic rings. The molecule has 0 radical (unpaired) electrons. The average molecular weight is 248 g/mol. The predicted octanol–water partition coefficient (Wildman–Crippen LogP) is 1.23. The quantitative estimate of drug-likeness (QED) is 0.871. The lowest BCUT2D eigenvalue weighted by Gasteiger charge is -2.16. The molecular weight excluding hydrogens is 228 g/mol. The lowest BCUT2D eigenvalue weighted by atomic mass is 9.98. The normalized spacial score (nSPS) is 19.0. The summed E-state index contributed by atoms with van der Waals surface area (Å²) in [6.07, 6.45) is 1.04. The van der Waals surface area contributed by atoms with Crippen molar-refractivity contribution < 1.29 is 9.53 Å². The topological polar surface area (TPSA) is 41.6 Å². The van der Waals surface area contributed by atoms with Crippen LogP contribution >= 0.6 is 0 Å². The third kappa shape index (κ3) is 2.82. The van der Waals surface area contributed by atoms with E-state index in [1.54, 1.807) is 14.2 Å². The standard InChI is InChI=1S/C14H20N2O2/c1-15-9-14(17)16-8-7-12(10-16)11-3-5-13(18-2)6-4-11/h3-6,12,15H,7-10H2,1-2H3. The van der Waals surface area contributed by atoms with Crippen molar-refractivity contribution in [2.45, 2.75) is 12.3 Å². The SMILES string of the molecule is CNCC(=O)N1CCC(c2ccc(OC)cc2)C1. The van der Waals surface area contributed by atoms with Crippen LogP contribution < -0.4 is 10.1 Å². The Kier molecular flexibility index (Phi) is 4.20. The van der Waals surface area contributed by atoms with Crippen LogP contribution in [0.3, 0.4) is 0 Å². The van der Waals surface area contributed by atoms with Gasteiger partial charge in [0.05, 0.1) is 13.7 Å². The first-order chi connectivity index (χ1) is 8.74. The number of ether oxygens (including phenoxy) is 1. The zero-order valence-corrected chi connectivity index (χ0v) is 11.0. The number of nitrogens with one attached hydrogen (secondary N) is 1. The van der Waals surface area contributed by atoms with Gasteiger partial charge in [0.2, 0.25) is 5.91 Å². The van der Waals surface area contributed by atoms with Crippen molar-refractivity contribution in [1.82, 2.24) is 10.2 Å². The number of likely N-dealkylation sites (tertiary alicyclic amines) is 1. The molecule has 0 aliphatic carbocycles. The number of hydrogen-bond acceptors (Lipinski definition) is 3. The minimum Gasteiger partial charge on any atom is -0.497 e. The summed E-state index contributed by atoms with van der Waals surface area (Å²) in [6.45, 7) is 2.11. The van der Waals surface area contributed by atoms with Crippen LogP contribution in [0.25, 0.3) is 0 Å². The molecule has 1 fully saturated rings. The van der Waals surface area contributed by atoms with E-state index in [1.165, 1.54) is 5.56 Å². The van der Waals surface area contributed by atoms with Crippen molar-refractivity contribution in [3.05, 3.63) is 29.8 Å². The molecule has 0 bridgehead atoms. The number of rotatable bonds is 4. The third-order valence-corrected chi connectivity index (χ3v) is 3.46. The summed E-state index contributed by atoms with van der Waals surface area (Å²) in [6, 6.07) is 8.14. The Morgan fingerprint density at radius 1 is 1.44 bits per heavy atom. The van der Waals surface area contributed by atoms with Gasteiger partial charge < -0.3 is 15.0 Å². The van der Waals surface area contributed by atoms with Gasteiger partial charge in [0.1, 0.15) is 5.75 Å². The van der Waals surface area contributed by atoms with E-state index in [4.69, 9.17) is 4.74 Å². The van der Waals surface area contributed by atoms with Gasteiger partial charge >= 0.3 is 0 Å². The van der Waals surface area contributed by atoms with Crippen LogP contribution in [-0.4, -0.2) is 44.6 Å². The Morgan fingerprint density at radius 3 is 2.78 bits per heavy atom. The summed E-state index contributed by atoms with van der Waals surface area (Å²) in [5.74, 6) is 1.52. The van der Waals surface area contributed by atoms with Crippen molar-refractivity contribution >= 4 is 5.91 Å². The number of nitrogens with zero attached hydrogens (tertiary/aromatic N) is 1. The second-order valence-corrected chi connectivity index (χ2v) is 4.63. The van der Waals surface area contributed by atoms with Gasteiger partial charge in [0.25, 0.3) is 0 Å². The van der Waals surface area contributed by atoms with Crippen LogP contribution in [0.5, 0.6) is 5.75 Å². The van der Waals surface area contributed by atoms with E-state index in [0.29, 0.717) is 12.5 Å². The molecule has 4 heteroatoms. The van der Waals surface area contributed by atoms with Gasteiger partial charge in [-0.3, -0.25) is 4.79 Å². The highest BCUT2D eigenvalue weighted by atomic mass is 16.5. The van der Waals surface area contributed by atoms with E-state index >= 15 is 0 Å². The molecule has 1 aromatic rings. The number of hydrogen-bond donors (Lipinski definition) is 1. The van der Waals surface area contributed by atoms with E-state index in [-0.39, 0.29) is 5.91 Å². The van der Waals surface area contributed by atoms with Crippen molar-refractivity contribution in [2.24, 2.45) is 0 Å². The highest BCUT2D eigenvalue weighted by Gasteiger charge is 2.26. The van der Waals surface area contributed by atoms with Crippen molar-refractivity contribution in [3.8, 4) is 5.75 Å². The Labute approximate surface area is 108 Å². The summed E-state index contributed by atoms with van der Waals surface area (Å²) in [7, 11) is 3.47. The second-order valence-electron chi connectivity index (χ2n) is 4.63. The van der Waals surface area contributed by atoms with Gasteiger partial charge in [-0.15, -0.1) is 0 Å². The van der Waals surface area contributed by atoms with Gasteiger partial charge in [-0.1, -0.05) is 12.1 Å². The Bertz CT molecular complexity index is 403. The number of likely N-dealkylation sites (N-methyl/N-ethyl adjacent to an activating group) is 1. The highest BCUT2D eigenvalue weighted by Crippen LogP contribution is 2.28. The maximum Gasteiger partial charge on any atom is 0.236 e. The van der Waals surface area contributed by atoms with Gasteiger partial charge in [0.15, 0.2) is 0 Å². The Balaban J connectivity index is 1.97. The molecular formula is C14H20N2O2. The lowest BCUT2D eigenvalue weighted by molar-refractivity contribution is -0.129. The fourth-order valence-electron chi connectivity index (χ4n) is 2.40. The first-order valence-corrected chi connectivity index (χ1v) is 6.31. The van der Waals surface area contributed by atoms with Gasteiger partial charge in [-0.25, -0.2) is 0 Å². The Hall–Kier alpha value is -1.55. The molecule has 1 unspecified atom stereocenters. The molecule has 18 heavy (non-hydrogen) atoms. The molecule has 1 aliphatic heterocycles. The van der Waals surface area contributed by atoms with Crippen molar-refractivity contribution in [1.29, 1.82) is 0 Å². The summed E-state index contributed by atoms with van der Waals surface area (Å²) < 4.78 is 5.15. The van der Waals surface area contributed by atoms with Crippen LogP contribution in [0.4, 0.5) is 0 Å². The smallest absolute Gasteiger partial charge is 0.236 e. The van der Waals surface area contributed by atoms with E-state index < -0.39 is 0 Å². The number of carbonyl (C=O) groups excluding carboxylic acids is 1. The highest BCUT2D eigenvalue weighted by molar-refractivity contribution is 5.78. The molecule has 1 heterocycles. The fraction of sp³-hybridized carbons (Fsp3) is 0.500. The molecule has 98 valence electrons. The molecule has 0 saturated carbocycles. The summed E-state index contributed by atoms with van der Waals surface area (Å²) >= 11 is 0. The van der Waals surface area contributed by atoms with E-state index in [0.717, 1.165) is 25.3 Å². The van der Waals surface area contributed by atoms with Crippen LogP contribution in [-0.2, 0) is 4.79 Å². The molecule has 2 rings (SSSR count). The molecule has 1 saturated heterocycles. The Morgan fingerprint density at radius 2 is 2.17 bits per heavy atom. The molecule has 0 aromatic heterocycles. The van der Waals surface area contributed by atoms with Gasteiger partial charge in [-0.2, -0.15) is 0 Å². The molecule has 0 spiro atoms. The van der Waals surface area contributed by atoms with Crippen molar-refractivity contribution in [2.75, 3.05) is 33.8 Å². The zero-order valence-electron chi connectivity index (χ0n) is 11.0.